The molecule has 1 atom stereocenters. The molecule has 0 aliphatic carbocycles. The van der Waals surface area contributed by atoms with E-state index < -0.39 is 5.97 Å². The van der Waals surface area contributed by atoms with Crippen molar-refractivity contribution >= 4 is 17.6 Å². The fourth-order valence-corrected chi connectivity index (χ4v) is 3.95. The van der Waals surface area contributed by atoms with Gasteiger partial charge in [-0.15, -0.1) is 0 Å². The molecule has 1 N–H and O–H groups in total. The lowest BCUT2D eigenvalue weighted by Crippen LogP contribution is -2.40. The van der Waals surface area contributed by atoms with Crippen LogP contribution in [0.3, 0.4) is 0 Å². The van der Waals surface area contributed by atoms with Crippen molar-refractivity contribution in [3.8, 4) is 5.75 Å². The van der Waals surface area contributed by atoms with Crippen LogP contribution in [0.25, 0.3) is 0 Å². The van der Waals surface area contributed by atoms with Gasteiger partial charge in [0.1, 0.15) is 5.75 Å². The van der Waals surface area contributed by atoms with Crippen LogP contribution >= 0.6 is 0 Å². The van der Waals surface area contributed by atoms with E-state index in [1.165, 1.54) is 0 Å². The van der Waals surface area contributed by atoms with Gasteiger partial charge in [0.2, 0.25) is 5.91 Å². The molecule has 0 radical (unpaired) electrons. The van der Waals surface area contributed by atoms with Crippen LogP contribution in [0.4, 0.5) is 5.69 Å². The second kappa shape index (κ2) is 6.83. The molecule has 5 heteroatoms. The average molecular weight is 351 g/mol. The summed E-state index contributed by atoms with van der Waals surface area (Å²) in [6, 6.07) is 13.3. The van der Waals surface area contributed by atoms with Crippen molar-refractivity contribution < 1.29 is 19.4 Å². The van der Waals surface area contributed by atoms with E-state index in [-0.39, 0.29) is 24.8 Å². The molecule has 2 aliphatic heterocycles. The van der Waals surface area contributed by atoms with E-state index in [0.29, 0.717) is 6.42 Å². The molecule has 0 fully saturated rings. The fourth-order valence-electron chi connectivity index (χ4n) is 3.95. The van der Waals surface area contributed by atoms with Gasteiger partial charge in [-0.3, -0.25) is 9.59 Å². The molecule has 26 heavy (non-hydrogen) atoms. The lowest BCUT2D eigenvalue weighted by molar-refractivity contribution is -0.137. The van der Waals surface area contributed by atoms with Crippen molar-refractivity contribution in [2.75, 3.05) is 11.5 Å². The minimum atomic E-state index is -0.883. The van der Waals surface area contributed by atoms with Gasteiger partial charge in [0.05, 0.1) is 25.5 Å². The van der Waals surface area contributed by atoms with E-state index in [9.17, 15) is 14.7 Å². The Morgan fingerprint density at radius 3 is 2.85 bits per heavy atom. The van der Waals surface area contributed by atoms with E-state index >= 15 is 0 Å². The first-order valence-electron chi connectivity index (χ1n) is 8.98. The van der Waals surface area contributed by atoms with Crippen LogP contribution in [0.1, 0.15) is 29.5 Å². The summed E-state index contributed by atoms with van der Waals surface area (Å²) >= 11 is 0. The SMILES string of the molecule is O=C(O)CC1Cc2ccccc2N1C(=O)Cc1ccc2c(c1)CCCO2. The molecular formula is C21H21NO4. The number of hydrogen-bond donors (Lipinski definition) is 1. The molecule has 4 rings (SSSR count). The molecule has 134 valence electrons. The summed E-state index contributed by atoms with van der Waals surface area (Å²) in [5.41, 5.74) is 3.96. The number of nitrogens with zero attached hydrogens (tertiary/aromatic N) is 1. The number of hydrogen-bond acceptors (Lipinski definition) is 3. The Hall–Kier alpha value is -2.82. The number of amides is 1. The van der Waals surface area contributed by atoms with Crippen LogP contribution < -0.4 is 9.64 Å². The smallest absolute Gasteiger partial charge is 0.305 e. The lowest BCUT2D eigenvalue weighted by atomic mass is 10.0. The first kappa shape index (κ1) is 16.6. The third kappa shape index (κ3) is 3.17. The lowest BCUT2D eigenvalue weighted by Gasteiger charge is -2.25. The summed E-state index contributed by atoms with van der Waals surface area (Å²) in [5, 5.41) is 9.22. The first-order chi connectivity index (χ1) is 12.6. The number of carboxylic acids is 1. The van der Waals surface area contributed by atoms with Gasteiger partial charge < -0.3 is 14.7 Å². The number of carbonyl (C=O) groups excluding carboxylic acids is 1. The molecule has 2 aromatic rings. The highest BCUT2D eigenvalue weighted by molar-refractivity contribution is 5.98. The number of para-hydroxylation sites is 1. The van der Waals surface area contributed by atoms with Gasteiger partial charge in [0, 0.05) is 5.69 Å². The molecule has 5 nitrogen and oxygen atoms in total. The molecule has 2 aromatic carbocycles. The van der Waals surface area contributed by atoms with Crippen molar-refractivity contribution in [2.45, 2.75) is 38.1 Å². The zero-order valence-corrected chi connectivity index (χ0v) is 14.5. The maximum atomic E-state index is 13.0. The number of rotatable bonds is 4. The Balaban J connectivity index is 1.58. The normalized spacial score (nSPS) is 18.0. The predicted molar refractivity (Wildman–Crippen MR) is 97.6 cm³/mol. The Morgan fingerprint density at radius 1 is 1.15 bits per heavy atom. The second-order valence-corrected chi connectivity index (χ2v) is 6.92. The molecular weight excluding hydrogens is 330 g/mol. The number of carbonyl (C=O) groups is 2. The van der Waals surface area contributed by atoms with E-state index in [1.54, 1.807) is 4.90 Å². The summed E-state index contributed by atoms with van der Waals surface area (Å²) in [4.78, 5) is 26.0. The van der Waals surface area contributed by atoms with Gasteiger partial charge in [0.25, 0.3) is 0 Å². The number of aryl methyl sites for hydroxylation is 1. The van der Waals surface area contributed by atoms with Gasteiger partial charge in [-0.25, -0.2) is 0 Å². The summed E-state index contributed by atoms with van der Waals surface area (Å²) in [6.45, 7) is 0.743. The molecule has 1 amide bonds. The third-order valence-corrected chi connectivity index (χ3v) is 5.08. The van der Waals surface area contributed by atoms with E-state index in [4.69, 9.17) is 4.74 Å². The third-order valence-electron chi connectivity index (χ3n) is 5.08. The van der Waals surface area contributed by atoms with Gasteiger partial charge in [-0.1, -0.05) is 30.3 Å². The number of fused-ring (bicyclic) bond motifs is 2. The number of ether oxygens (including phenoxy) is 1. The quantitative estimate of drug-likeness (QED) is 0.920. The second-order valence-electron chi connectivity index (χ2n) is 6.92. The minimum Gasteiger partial charge on any atom is -0.493 e. The maximum absolute atomic E-state index is 13.0. The topological polar surface area (TPSA) is 66.8 Å². The fraction of sp³-hybridized carbons (Fsp3) is 0.333. The van der Waals surface area contributed by atoms with Gasteiger partial charge >= 0.3 is 5.97 Å². The highest BCUT2D eigenvalue weighted by Crippen LogP contribution is 2.34. The van der Waals surface area contributed by atoms with Crippen LogP contribution in [0.15, 0.2) is 42.5 Å². The van der Waals surface area contributed by atoms with Crippen molar-refractivity contribution in [1.29, 1.82) is 0 Å². The van der Waals surface area contributed by atoms with Crippen molar-refractivity contribution in [3.05, 3.63) is 59.2 Å². The molecule has 1 unspecified atom stereocenters. The molecule has 0 bridgehead atoms. The van der Waals surface area contributed by atoms with Crippen LogP contribution in [0.5, 0.6) is 5.75 Å². The van der Waals surface area contributed by atoms with Crippen molar-refractivity contribution in [2.24, 2.45) is 0 Å². The number of aliphatic carboxylic acids is 1. The maximum Gasteiger partial charge on any atom is 0.305 e. The Bertz CT molecular complexity index is 861. The average Bonchev–Trinajstić information content (AvgIpc) is 2.98. The Labute approximate surface area is 152 Å². The largest absolute Gasteiger partial charge is 0.493 e. The van der Waals surface area contributed by atoms with Crippen LogP contribution in [-0.4, -0.2) is 29.6 Å². The molecule has 2 heterocycles. The standard InChI is InChI=1S/C21H21NO4/c23-20(11-14-7-8-19-16(10-14)5-3-9-26-19)22-17(13-21(24)25)12-15-4-1-2-6-18(15)22/h1-2,4,6-8,10,17H,3,5,9,11-13H2,(H,24,25). The van der Waals surface area contributed by atoms with Crippen LogP contribution in [0.2, 0.25) is 0 Å². The molecule has 0 aromatic heterocycles. The molecule has 0 saturated heterocycles. The van der Waals surface area contributed by atoms with Gasteiger partial charge in [-0.2, -0.15) is 0 Å². The highest BCUT2D eigenvalue weighted by Gasteiger charge is 2.34. The van der Waals surface area contributed by atoms with E-state index in [1.807, 2.05) is 42.5 Å². The Kier molecular flexibility index (Phi) is 4.37. The Morgan fingerprint density at radius 2 is 2.00 bits per heavy atom. The first-order valence-corrected chi connectivity index (χ1v) is 8.98. The summed E-state index contributed by atoms with van der Waals surface area (Å²) < 4.78 is 5.63. The monoisotopic (exact) mass is 351 g/mol. The zero-order chi connectivity index (χ0) is 18.1. The molecule has 2 aliphatic rings. The minimum absolute atomic E-state index is 0.0432. The summed E-state index contributed by atoms with van der Waals surface area (Å²) in [7, 11) is 0. The predicted octanol–water partition coefficient (Wildman–Crippen LogP) is 2.99. The van der Waals surface area contributed by atoms with Gasteiger partial charge in [0.15, 0.2) is 0 Å². The molecule has 0 spiro atoms. The van der Waals surface area contributed by atoms with Crippen molar-refractivity contribution in [1.82, 2.24) is 0 Å². The summed E-state index contributed by atoms with van der Waals surface area (Å²) in [6.07, 6.45) is 2.76. The van der Waals surface area contributed by atoms with Crippen molar-refractivity contribution in [3.63, 3.8) is 0 Å². The van der Waals surface area contributed by atoms with E-state index in [0.717, 1.165) is 47.6 Å². The number of anilines is 1. The van der Waals surface area contributed by atoms with Crippen LogP contribution in [-0.2, 0) is 28.9 Å². The van der Waals surface area contributed by atoms with Crippen LogP contribution in [0, 0.1) is 0 Å². The zero-order valence-electron chi connectivity index (χ0n) is 14.5. The highest BCUT2D eigenvalue weighted by atomic mass is 16.5. The number of benzene rings is 2. The summed E-state index contributed by atoms with van der Waals surface area (Å²) in [5.74, 6) is -0.0351. The molecule has 0 saturated carbocycles. The number of carboxylic acid groups (broad SMARTS) is 1. The van der Waals surface area contributed by atoms with E-state index in [2.05, 4.69) is 0 Å². The van der Waals surface area contributed by atoms with Gasteiger partial charge in [-0.05, 0) is 48.1 Å².